The molecule has 0 bridgehead atoms. The molecule has 0 saturated heterocycles. The van der Waals surface area contributed by atoms with Crippen molar-refractivity contribution >= 4 is 11.9 Å². The summed E-state index contributed by atoms with van der Waals surface area (Å²) in [6, 6.07) is -0.626. The van der Waals surface area contributed by atoms with Gasteiger partial charge >= 0.3 is 5.97 Å². The number of carbonyl (C=O) groups is 2. The van der Waals surface area contributed by atoms with Gasteiger partial charge in [-0.05, 0) is 32.1 Å². The molecule has 3 N–H and O–H groups in total. The maximum Gasteiger partial charge on any atom is 0.305 e. The van der Waals surface area contributed by atoms with Gasteiger partial charge in [-0.3, -0.25) is 9.59 Å². The van der Waals surface area contributed by atoms with Gasteiger partial charge in [-0.25, -0.2) is 0 Å². The van der Waals surface area contributed by atoms with E-state index in [2.05, 4.69) is 19.2 Å². The van der Waals surface area contributed by atoms with E-state index in [0.29, 0.717) is 19.4 Å². The summed E-state index contributed by atoms with van der Waals surface area (Å²) in [5.74, 6) is -0.0309. The third kappa shape index (κ3) is 77.5. The highest BCUT2D eigenvalue weighted by Gasteiger charge is 2.18. The van der Waals surface area contributed by atoms with E-state index in [-0.39, 0.29) is 18.5 Å². The Morgan fingerprint density at radius 2 is 0.505 bits per heavy atom. The molecule has 0 aromatic carbocycles. The molecule has 0 aromatic rings. The van der Waals surface area contributed by atoms with Crippen LogP contribution in [0.4, 0.5) is 0 Å². The fourth-order valence-corrected chi connectivity index (χ4v) is 13.9. The maximum absolute atomic E-state index is 12.6. The van der Waals surface area contributed by atoms with Gasteiger partial charge in [-0.15, -0.1) is 0 Å². The number of hydrogen-bond donors (Lipinski definition) is 3. The molecule has 0 spiro atoms. The first-order valence-corrected chi connectivity index (χ1v) is 42.5. The number of esters is 1. The Morgan fingerprint density at radius 1 is 0.297 bits per heavy atom. The van der Waals surface area contributed by atoms with Gasteiger partial charge in [0.25, 0.3) is 0 Å². The second-order valence-electron chi connectivity index (χ2n) is 29.5. The SMILES string of the molecule is CCCCCCCCCCCCCCCCCCCCCCCC/C=C/C(O)C(CO)NC(=O)CCCCCCCCCCCCCCCCCCCCCCCCCCCCCCCCCOC(=O)CCCCCCCCCCCCCCCCCCCCC. The van der Waals surface area contributed by atoms with E-state index in [1.807, 2.05) is 6.08 Å². The van der Waals surface area contributed by atoms with Crippen LogP contribution in [-0.2, 0) is 14.3 Å². The van der Waals surface area contributed by atoms with Gasteiger partial charge in [-0.2, -0.15) is 0 Å². The third-order valence-corrected chi connectivity index (χ3v) is 20.3. The minimum Gasteiger partial charge on any atom is -0.466 e. The lowest BCUT2D eigenvalue weighted by Crippen LogP contribution is -2.45. The Balaban J connectivity index is 3.33. The number of carbonyl (C=O) groups excluding carboxylic acids is 2. The Morgan fingerprint density at radius 3 is 0.747 bits per heavy atom. The van der Waals surface area contributed by atoms with Gasteiger partial charge in [-0.1, -0.05) is 463 Å². The Kier molecular flexibility index (Phi) is 79.8. The highest BCUT2D eigenvalue weighted by Crippen LogP contribution is 2.21. The van der Waals surface area contributed by atoms with Gasteiger partial charge in [0.1, 0.15) is 0 Å². The molecule has 0 aromatic heterocycles. The van der Waals surface area contributed by atoms with Crippen LogP contribution in [0.25, 0.3) is 0 Å². The van der Waals surface area contributed by atoms with E-state index >= 15 is 0 Å². The van der Waals surface area contributed by atoms with Crippen LogP contribution in [0.15, 0.2) is 12.2 Å². The second kappa shape index (κ2) is 81.0. The molecule has 0 aliphatic carbocycles. The molecule has 6 nitrogen and oxygen atoms in total. The standard InChI is InChI=1S/C85H167NO5/c1-3-5-7-9-11-13-15-17-19-21-23-24-25-35-38-42-45-49-53-57-61-65-69-73-77-83(88)82(81-87)86-84(89)78-74-70-66-62-58-54-50-46-43-39-36-33-31-29-27-26-28-30-32-34-37-40-44-48-52-56-60-64-68-72-76-80-91-85(90)79-75-71-67-63-59-55-51-47-41-22-20-18-16-14-12-10-8-6-4-2/h73,77,82-83,87-88H,3-72,74-76,78-81H2,1-2H3,(H,86,89)/b77-73+. The van der Waals surface area contributed by atoms with E-state index in [1.54, 1.807) is 6.08 Å². The summed E-state index contributed by atoms with van der Waals surface area (Å²) >= 11 is 0. The molecule has 91 heavy (non-hydrogen) atoms. The van der Waals surface area contributed by atoms with Gasteiger partial charge in [0.2, 0.25) is 5.91 Å². The number of allylic oxidation sites excluding steroid dienone is 1. The quantitative estimate of drug-likeness (QED) is 0.0320. The summed E-state index contributed by atoms with van der Waals surface area (Å²) in [6.45, 7) is 4.98. The highest BCUT2D eigenvalue weighted by molar-refractivity contribution is 5.76. The average Bonchev–Trinajstić information content (AvgIpc) is 3.60. The Hall–Kier alpha value is -1.40. The number of aliphatic hydroxyl groups excluding tert-OH is 2. The molecule has 0 saturated carbocycles. The van der Waals surface area contributed by atoms with Crippen molar-refractivity contribution in [2.45, 2.75) is 508 Å². The van der Waals surface area contributed by atoms with Crippen LogP contribution in [0.1, 0.15) is 495 Å². The maximum atomic E-state index is 12.6. The molecule has 0 rings (SSSR count). The van der Waals surface area contributed by atoms with Crippen LogP contribution >= 0.6 is 0 Å². The largest absolute Gasteiger partial charge is 0.466 e. The summed E-state index contributed by atoms with van der Waals surface area (Å²) in [6.07, 6.45) is 104. The van der Waals surface area contributed by atoms with Gasteiger partial charge in [0, 0.05) is 12.8 Å². The lowest BCUT2D eigenvalue weighted by molar-refractivity contribution is -0.143. The molecule has 0 aliphatic rings. The van der Waals surface area contributed by atoms with Crippen molar-refractivity contribution in [1.29, 1.82) is 0 Å². The number of ether oxygens (including phenoxy) is 1. The summed E-state index contributed by atoms with van der Waals surface area (Å²) in [5, 5.41) is 23.3. The lowest BCUT2D eigenvalue weighted by atomic mass is 10.0. The fourth-order valence-electron chi connectivity index (χ4n) is 13.9. The molecule has 2 atom stereocenters. The van der Waals surface area contributed by atoms with Crippen LogP contribution in [0.2, 0.25) is 0 Å². The molecule has 6 heteroatoms. The van der Waals surface area contributed by atoms with Crippen molar-refractivity contribution in [3.05, 3.63) is 12.2 Å². The zero-order valence-electron chi connectivity index (χ0n) is 62.4. The Bertz CT molecular complexity index is 1380. The van der Waals surface area contributed by atoms with Crippen molar-refractivity contribution in [1.82, 2.24) is 5.32 Å². The van der Waals surface area contributed by atoms with Crippen LogP contribution in [-0.4, -0.2) is 47.4 Å². The number of unbranched alkanes of at least 4 members (excludes halogenated alkanes) is 70. The summed E-state index contributed by atoms with van der Waals surface area (Å²) < 4.78 is 5.53. The van der Waals surface area contributed by atoms with Crippen LogP contribution in [0.3, 0.4) is 0 Å². The van der Waals surface area contributed by atoms with Crippen molar-refractivity contribution in [3.8, 4) is 0 Å². The minimum atomic E-state index is -0.843. The van der Waals surface area contributed by atoms with Crippen LogP contribution < -0.4 is 5.32 Å². The first kappa shape index (κ1) is 89.6. The van der Waals surface area contributed by atoms with Crippen molar-refractivity contribution < 1.29 is 24.5 Å². The normalized spacial score (nSPS) is 12.4. The number of hydrogen-bond acceptors (Lipinski definition) is 5. The smallest absolute Gasteiger partial charge is 0.305 e. The molecule has 0 heterocycles. The zero-order valence-corrected chi connectivity index (χ0v) is 62.4. The fraction of sp³-hybridized carbons (Fsp3) is 0.953. The monoisotopic (exact) mass is 1280 g/mol. The van der Waals surface area contributed by atoms with Crippen molar-refractivity contribution in [2.24, 2.45) is 0 Å². The molecule has 2 unspecified atom stereocenters. The summed E-state index contributed by atoms with van der Waals surface area (Å²) in [7, 11) is 0. The summed E-state index contributed by atoms with van der Waals surface area (Å²) in [5.41, 5.74) is 0. The van der Waals surface area contributed by atoms with Gasteiger partial charge < -0.3 is 20.3 Å². The number of amides is 1. The molecule has 0 fully saturated rings. The number of rotatable bonds is 81. The van der Waals surface area contributed by atoms with Gasteiger partial charge in [0.15, 0.2) is 0 Å². The van der Waals surface area contributed by atoms with E-state index in [4.69, 9.17) is 4.74 Å². The number of nitrogens with one attached hydrogen (secondary N) is 1. The van der Waals surface area contributed by atoms with Crippen molar-refractivity contribution in [2.75, 3.05) is 13.2 Å². The molecule has 1 amide bonds. The topological polar surface area (TPSA) is 95.9 Å². The molecular formula is C85H167NO5. The van der Waals surface area contributed by atoms with E-state index < -0.39 is 12.1 Å². The first-order chi connectivity index (χ1) is 45.0. The summed E-state index contributed by atoms with van der Waals surface area (Å²) in [4.78, 5) is 24.7. The molecule has 542 valence electrons. The van der Waals surface area contributed by atoms with Gasteiger partial charge in [0.05, 0.1) is 25.4 Å². The van der Waals surface area contributed by atoms with E-state index in [0.717, 1.165) is 38.5 Å². The predicted octanol–water partition coefficient (Wildman–Crippen LogP) is 28.2. The van der Waals surface area contributed by atoms with E-state index in [9.17, 15) is 19.8 Å². The predicted molar refractivity (Wildman–Crippen MR) is 403 cm³/mol. The lowest BCUT2D eigenvalue weighted by Gasteiger charge is -2.20. The first-order valence-electron chi connectivity index (χ1n) is 42.5. The number of aliphatic hydroxyl groups is 2. The average molecular weight is 1280 g/mol. The van der Waals surface area contributed by atoms with Crippen LogP contribution in [0, 0.1) is 0 Å². The molecule has 0 aliphatic heterocycles. The minimum absolute atomic E-state index is 0.0268. The third-order valence-electron chi connectivity index (χ3n) is 20.3. The zero-order chi connectivity index (χ0) is 65.6. The van der Waals surface area contributed by atoms with Crippen molar-refractivity contribution in [3.63, 3.8) is 0 Å². The van der Waals surface area contributed by atoms with E-state index in [1.165, 1.54) is 430 Å². The van der Waals surface area contributed by atoms with Crippen LogP contribution in [0.5, 0.6) is 0 Å². The molecular weight excluding hydrogens is 1110 g/mol. The highest BCUT2D eigenvalue weighted by atomic mass is 16.5. The second-order valence-corrected chi connectivity index (χ2v) is 29.5. The molecule has 0 radical (unpaired) electrons. The Labute approximate surface area is 571 Å².